The second kappa shape index (κ2) is 4.97. The molecule has 0 aliphatic heterocycles. The molecule has 0 aromatic carbocycles. The summed E-state index contributed by atoms with van der Waals surface area (Å²) in [5.74, 6) is -0.757. The number of hydrogen-bond acceptors (Lipinski definition) is 2. The van der Waals surface area contributed by atoms with Crippen LogP contribution in [-0.4, -0.2) is 16.1 Å². The summed E-state index contributed by atoms with van der Waals surface area (Å²) in [6.45, 7) is 0. The van der Waals surface area contributed by atoms with Crippen LogP contribution in [0.3, 0.4) is 0 Å². The lowest BCUT2D eigenvalue weighted by Crippen LogP contribution is -1.97. The van der Waals surface area contributed by atoms with Crippen LogP contribution in [0.2, 0.25) is 0 Å². The van der Waals surface area contributed by atoms with Crippen LogP contribution in [-0.2, 0) is 11.2 Å². The molecule has 0 aliphatic rings. The zero-order valence-electron chi connectivity index (χ0n) is 7.03. The maximum absolute atomic E-state index is 10.2. The van der Waals surface area contributed by atoms with Crippen molar-refractivity contribution in [3.05, 3.63) is 28.5 Å². The Hall–Kier alpha value is -0.900. The highest BCUT2D eigenvalue weighted by Crippen LogP contribution is 2.15. The van der Waals surface area contributed by atoms with Gasteiger partial charge in [-0.05, 0) is 40.9 Å². The van der Waals surface area contributed by atoms with E-state index in [0.717, 1.165) is 10.2 Å². The summed E-state index contributed by atoms with van der Waals surface area (Å²) in [6.07, 6.45) is 3.24. The topological polar surface area (TPSA) is 50.2 Å². The van der Waals surface area contributed by atoms with Crippen molar-refractivity contribution in [2.75, 3.05) is 0 Å². The van der Waals surface area contributed by atoms with E-state index >= 15 is 0 Å². The molecule has 0 unspecified atom stereocenters. The Kier molecular flexibility index (Phi) is 3.89. The summed E-state index contributed by atoms with van der Waals surface area (Å²) in [6, 6.07) is 3.74. The lowest BCUT2D eigenvalue weighted by atomic mass is 10.2. The number of carboxylic acids is 1. The van der Waals surface area contributed by atoms with E-state index in [4.69, 9.17) is 5.11 Å². The molecule has 0 bridgehead atoms. The van der Waals surface area contributed by atoms with E-state index in [9.17, 15) is 4.79 Å². The number of aliphatic carboxylic acids is 1. The van der Waals surface area contributed by atoms with Crippen molar-refractivity contribution in [3.63, 3.8) is 0 Å². The molecule has 0 aliphatic carbocycles. The van der Waals surface area contributed by atoms with Crippen molar-refractivity contribution < 1.29 is 9.90 Å². The maximum Gasteiger partial charge on any atom is 0.303 e. The molecule has 1 rings (SSSR count). The second-order valence-corrected chi connectivity index (χ2v) is 3.53. The molecule has 0 amide bonds. The van der Waals surface area contributed by atoms with Gasteiger partial charge in [0, 0.05) is 17.1 Å². The Morgan fingerprint density at radius 1 is 1.62 bits per heavy atom. The number of hydrogen-bond donors (Lipinski definition) is 1. The van der Waals surface area contributed by atoms with Crippen LogP contribution in [0.15, 0.2) is 22.8 Å². The summed E-state index contributed by atoms with van der Waals surface area (Å²) >= 11 is 3.35. The van der Waals surface area contributed by atoms with Crippen molar-refractivity contribution in [1.29, 1.82) is 0 Å². The van der Waals surface area contributed by atoms with E-state index in [0.29, 0.717) is 12.8 Å². The van der Waals surface area contributed by atoms with Crippen LogP contribution in [0.1, 0.15) is 18.5 Å². The molecule has 0 saturated heterocycles. The number of pyridine rings is 1. The Morgan fingerprint density at radius 3 is 3.00 bits per heavy atom. The van der Waals surface area contributed by atoms with Crippen molar-refractivity contribution in [2.45, 2.75) is 19.3 Å². The van der Waals surface area contributed by atoms with Crippen molar-refractivity contribution >= 4 is 21.9 Å². The number of carboxylic acid groups (broad SMARTS) is 1. The predicted molar refractivity (Wildman–Crippen MR) is 52.5 cm³/mol. The minimum atomic E-state index is -0.757. The number of rotatable bonds is 4. The Bertz CT molecular complexity index is 301. The van der Waals surface area contributed by atoms with Gasteiger partial charge in [-0.1, -0.05) is 0 Å². The van der Waals surface area contributed by atoms with Crippen LogP contribution >= 0.6 is 15.9 Å². The van der Waals surface area contributed by atoms with Crippen LogP contribution in [0, 0.1) is 0 Å². The molecule has 0 spiro atoms. The van der Waals surface area contributed by atoms with E-state index in [-0.39, 0.29) is 6.42 Å². The van der Waals surface area contributed by atoms with Crippen molar-refractivity contribution in [2.24, 2.45) is 0 Å². The molecule has 13 heavy (non-hydrogen) atoms. The van der Waals surface area contributed by atoms with Gasteiger partial charge >= 0.3 is 5.97 Å². The zero-order valence-corrected chi connectivity index (χ0v) is 8.62. The molecule has 0 atom stereocenters. The Balaban J connectivity index is 2.45. The predicted octanol–water partition coefficient (Wildman–Crippen LogP) is 2.25. The first-order valence-electron chi connectivity index (χ1n) is 4.01. The molecule has 1 aromatic heterocycles. The highest BCUT2D eigenvalue weighted by molar-refractivity contribution is 9.10. The summed E-state index contributed by atoms with van der Waals surface area (Å²) in [5.41, 5.74) is 0.920. The molecule has 1 aromatic rings. The molecular weight excluding hydrogens is 234 g/mol. The highest BCUT2D eigenvalue weighted by atomic mass is 79.9. The van der Waals surface area contributed by atoms with Gasteiger partial charge in [-0.15, -0.1) is 0 Å². The first kappa shape index (κ1) is 10.2. The SMILES string of the molecule is O=C(O)CCCc1ncccc1Br. The third-order valence-electron chi connectivity index (χ3n) is 1.64. The first-order chi connectivity index (χ1) is 6.20. The van der Waals surface area contributed by atoms with Gasteiger partial charge in [-0.25, -0.2) is 0 Å². The maximum atomic E-state index is 10.2. The minimum Gasteiger partial charge on any atom is -0.481 e. The lowest BCUT2D eigenvalue weighted by Gasteiger charge is -2.00. The quantitative estimate of drug-likeness (QED) is 0.883. The molecule has 4 heteroatoms. The monoisotopic (exact) mass is 243 g/mol. The average Bonchev–Trinajstić information content (AvgIpc) is 2.08. The van der Waals surface area contributed by atoms with Gasteiger partial charge in [0.1, 0.15) is 0 Å². The van der Waals surface area contributed by atoms with E-state index in [2.05, 4.69) is 20.9 Å². The van der Waals surface area contributed by atoms with Gasteiger partial charge in [0.2, 0.25) is 0 Å². The fraction of sp³-hybridized carbons (Fsp3) is 0.333. The van der Waals surface area contributed by atoms with Crippen LogP contribution in [0.5, 0.6) is 0 Å². The minimum absolute atomic E-state index is 0.197. The highest BCUT2D eigenvalue weighted by Gasteiger charge is 2.01. The van der Waals surface area contributed by atoms with Gasteiger partial charge in [0.25, 0.3) is 0 Å². The first-order valence-corrected chi connectivity index (χ1v) is 4.80. The number of aromatic nitrogens is 1. The number of halogens is 1. The summed E-state index contributed by atoms with van der Waals surface area (Å²) in [4.78, 5) is 14.4. The van der Waals surface area contributed by atoms with E-state index in [1.165, 1.54) is 0 Å². The number of carbonyl (C=O) groups is 1. The van der Waals surface area contributed by atoms with Crippen LogP contribution < -0.4 is 0 Å². The van der Waals surface area contributed by atoms with Gasteiger partial charge in [-0.3, -0.25) is 9.78 Å². The summed E-state index contributed by atoms with van der Waals surface area (Å²) < 4.78 is 0.945. The third-order valence-corrected chi connectivity index (χ3v) is 2.36. The molecule has 70 valence electrons. The van der Waals surface area contributed by atoms with E-state index in [1.807, 2.05) is 12.1 Å². The smallest absolute Gasteiger partial charge is 0.303 e. The fourth-order valence-electron chi connectivity index (χ4n) is 1.01. The molecule has 0 fully saturated rings. The van der Waals surface area contributed by atoms with Gasteiger partial charge in [0.05, 0.1) is 5.69 Å². The molecular formula is C9H10BrNO2. The van der Waals surface area contributed by atoms with Crippen LogP contribution in [0.25, 0.3) is 0 Å². The summed E-state index contributed by atoms with van der Waals surface area (Å²) in [5, 5.41) is 8.43. The molecule has 0 radical (unpaired) electrons. The molecule has 0 saturated carbocycles. The van der Waals surface area contributed by atoms with Gasteiger partial charge < -0.3 is 5.11 Å². The molecule has 3 nitrogen and oxygen atoms in total. The normalized spacial score (nSPS) is 9.92. The Morgan fingerprint density at radius 2 is 2.38 bits per heavy atom. The fourth-order valence-corrected chi connectivity index (χ4v) is 1.46. The third kappa shape index (κ3) is 3.55. The standard InChI is InChI=1S/C9H10BrNO2/c10-7-3-2-6-11-8(7)4-1-5-9(12)13/h2-3,6H,1,4-5H2,(H,12,13). The van der Waals surface area contributed by atoms with Crippen molar-refractivity contribution in [3.8, 4) is 0 Å². The number of aryl methyl sites for hydroxylation is 1. The lowest BCUT2D eigenvalue weighted by molar-refractivity contribution is -0.137. The molecule has 1 heterocycles. The van der Waals surface area contributed by atoms with Crippen LogP contribution in [0.4, 0.5) is 0 Å². The van der Waals surface area contributed by atoms with Gasteiger partial charge in [-0.2, -0.15) is 0 Å². The van der Waals surface area contributed by atoms with E-state index in [1.54, 1.807) is 6.20 Å². The Labute approximate surface area is 84.9 Å². The second-order valence-electron chi connectivity index (χ2n) is 2.68. The summed E-state index contributed by atoms with van der Waals surface area (Å²) in [7, 11) is 0. The van der Waals surface area contributed by atoms with E-state index < -0.39 is 5.97 Å². The van der Waals surface area contributed by atoms with Crippen molar-refractivity contribution in [1.82, 2.24) is 4.98 Å². The number of nitrogens with zero attached hydrogens (tertiary/aromatic N) is 1. The van der Waals surface area contributed by atoms with Gasteiger partial charge in [0.15, 0.2) is 0 Å². The largest absolute Gasteiger partial charge is 0.481 e. The molecule has 1 N–H and O–H groups in total. The zero-order chi connectivity index (χ0) is 9.68. The average molecular weight is 244 g/mol.